The lowest BCUT2D eigenvalue weighted by atomic mass is 10.1. The van der Waals surface area contributed by atoms with E-state index in [2.05, 4.69) is 26.6 Å². The fourth-order valence-corrected chi connectivity index (χ4v) is 2.71. The highest BCUT2D eigenvalue weighted by Gasteiger charge is 2.13. The maximum absolute atomic E-state index is 12.1. The SMILES string of the molecule is CCNC(=O)c1ccccc1NC(=O)COc1ccc(C)cc1Br. The van der Waals surface area contributed by atoms with Gasteiger partial charge in [0.1, 0.15) is 5.75 Å². The maximum atomic E-state index is 12.1. The zero-order chi connectivity index (χ0) is 17.5. The van der Waals surface area contributed by atoms with Crippen LogP contribution < -0.4 is 15.4 Å². The molecular formula is C18H19BrN2O3. The van der Waals surface area contributed by atoms with E-state index >= 15 is 0 Å². The van der Waals surface area contributed by atoms with Gasteiger partial charge in [-0.3, -0.25) is 9.59 Å². The van der Waals surface area contributed by atoms with Crippen molar-refractivity contribution in [3.63, 3.8) is 0 Å². The first-order chi connectivity index (χ1) is 11.5. The lowest BCUT2D eigenvalue weighted by Gasteiger charge is -2.12. The topological polar surface area (TPSA) is 67.4 Å². The van der Waals surface area contributed by atoms with Crippen molar-refractivity contribution in [3.05, 3.63) is 58.1 Å². The summed E-state index contributed by atoms with van der Waals surface area (Å²) in [5.74, 6) is 0.0302. The Bertz CT molecular complexity index is 747. The van der Waals surface area contributed by atoms with Gasteiger partial charge in [0.2, 0.25) is 0 Å². The molecule has 0 radical (unpaired) electrons. The second kappa shape index (κ2) is 8.49. The first kappa shape index (κ1) is 18.0. The smallest absolute Gasteiger partial charge is 0.262 e. The number of hydrogen-bond donors (Lipinski definition) is 2. The molecule has 2 aromatic rings. The number of para-hydroxylation sites is 1. The molecule has 0 unspecified atom stereocenters. The second-order valence-corrected chi connectivity index (χ2v) is 6.03. The molecule has 126 valence electrons. The average Bonchev–Trinajstić information content (AvgIpc) is 2.54. The van der Waals surface area contributed by atoms with Crippen LogP contribution >= 0.6 is 15.9 Å². The third-order valence-electron chi connectivity index (χ3n) is 3.23. The Kier molecular flexibility index (Phi) is 6.37. The van der Waals surface area contributed by atoms with Crippen LogP contribution in [0.3, 0.4) is 0 Å². The third-order valence-corrected chi connectivity index (χ3v) is 3.85. The van der Waals surface area contributed by atoms with Gasteiger partial charge in [0.05, 0.1) is 15.7 Å². The summed E-state index contributed by atoms with van der Waals surface area (Å²) >= 11 is 3.40. The van der Waals surface area contributed by atoms with E-state index in [1.165, 1.54) is 0 Å². The summed E-state index contributed by atoms with van der Waals surface area (Å²) in [6, 6.07) is 12.5. The predicted molar refractivity (Wildman–Crippen MR) is 97.5 cm³/mol. The molecule has 0 aliphatic carbocycles. The fourth-order valence-electron chi connectivity index (χ4n) is 2.10. The predicted octanol–water partition coefficient (Wildman–Crippen LogP) is 3.52. The van der Waals surface area contributed by atoms with Gasteiger partial charge in [-0.05, 0) is 59.6 Å². The van der Waals surface area contributed by atoms with Crippen LogP contribution in [0.4, 0.5) is 5.69 Å². The molecular weight excluding hydrogens is 372 g/mol. The Labute approximate surface area is 149 Å². The number of rotatable bonds is 6. The van der Waals surface area contributed by atoms with Crippen molar-refractivity contribution in [1.82, 2.24) is 5.32 Å². The molecule has 0 aliphatic heterocycles. The molecule has 0 heterocycles. The van der Waals surface area contributed by atoms with Gasteiger partial charge < -0.3 is 15.4 Å². The van der Waals surface area contributed by atoms with Gasteiger partial charge in [-0.25, -0.2) is 0 Å². The van der Waals surface area contributed by atoms with E-state index in [0.717, 1.165) is 10.0 Å². The fraction of sp³-hybridized carbons (Fsp3) is 0.222. The molecule has 2 amide bonds. The molecule has 0 aliphatic rings. The number of amides is 2. The number of nitrogens with one attached hydrogen (secondary N) is 2. The number of aryl methyl sites for hydroxylation is 1. The number of halogens is 1. The number of hydrogen-bond acceptors (Lipinski definition) is 3. The summed E-state index contributed by atoms with van der Waals surface area (Å²) in [5.41, 5.74) is 1.97. The summed E-state index contributed by atoms with van der Waals surface area (Å²) in [4.78, 5) is 24.1. The zero-order valence-electron chi connectivity index (χ0n) is 13.6. The van der Waals surface area contributed by atoms with Crippen molar-refractivity contribution in [3.8, 4) is 5.75 Å². The van der Waals surface area contributed by atoms with Crippen LogP contribution in [-0.2, 0) is 4.79 Å². The molecule has 0 saturated heterocycles. The average molecular weight is 391 g/mol. The van der Waals surface area contributed by atoms with Crippen molar-refractivity contribution in [2.75, 3.05) is 18.5 Å². The quantitative estimate of drug-likeness (QED) is 0.792. The molecule has 0 saturated carbocycles. The largest absolute Gasteiger partial charge is 0.483 e. The summed E-state index contributed by atoms with van der Waals surface area (Å²) in [7, 11) is 0. The van der Waals surface area contributed by atoms with Gasteiger partial charge in [0.15, 0.2) is 6.61 Å². The minimum atomic E-state index is -0.334. The van der Waals surface area contributed by atoms with E-state index < -0.39 is 0 Å². The second-order valence-electron chi connectivity index (χ2n) is 5.18. The minimum Gasteiger partial charge on any atom is -0.483 e. The van der Waals surface area contributed by atoms with Crippen LogP contribution in [0.1, 0.15) is 22.8 Å². The summed E-state index contributed by atoms with van der Waals surface area (Å²) in [6.07, 6.45) is 0. The summed E-state index contributed by atoms with van der Waals surface area (Å²) in [5, 5.41) is 5.43. The number of ether oxygens (including phenoxy) is 1. The van der Waals surface area contributed by atoms with Crippen molar-refractivity contribution in [2.24, 2.45) is 0 Å². The summed E-state index contributed by atoms with van der Waals surface area (Å²) < 4.78 is 6.30. The van der Waals surface area contributed by atoms with E-state index in [4.69, 9.17) is 4.74 Å². The Balaban J connectivity index is 2.01. The van der Waals surface area contributed by atoms with Crippen molar-refractivity contribution in [2.45, 2.75) is 13.8 Å². The van der Waals surface area contributed by atoms with Crippen molar-refractivity contribution < 1.29 is 14.3 Å². The standard InChI is InChI=1S/C18H19BrN2O3/c1-3-20-18(23)13-6-4-5-7-15(13)21-17(22)11-24-16-9-8-12(2)10-14(16)19/h4-10H,3,11H2,1-2H3,(H,20,23)(H,21,22). The van der Waals surface area contributed by atoms with Gasteiger partial charge in [0, 0.05) is 6.54 Å². The molecule has 5 nitrogen and oxygen atoms in total. The maximum Gasteiger partial charge on any atom is 0.262 e. The van der Waals surface area contributed by atoms with Crippen LogP contribution in [0.5, 0.6) is 5.75 Å². The van der Waals surface area contributed by atoms with Crippen molar-refractivity contribution >= 4 is 33.4 Å². The number of carbonyl (C=O) groups excluding carboxylic acids is 2. The highest BCUT2D eigenvalue weighted by molar-refractivity contribution is 9.10. The Morgan fingerprint density at radius 2 is 1.92 bits per heavy atom. The molecule has 0 spiro atoms. The first-order valence-corrected chi connectivity index (χ1v) is 8.36. The Hall–Kier alpha value is -2.34. The molecule has 0 aromatic heterocycles. The molecule has 0 bridgehead atoms. The highest BCUT2D eigenvalue weighted by Crippen LogP contribution is 2.25. The van der Waals surface area contributed by atoms with Gasteiger partial charge in [-0.2, -0.15) is 0 Å². The molecule has 0 fully saturated rings. The molecule has 2 rings (SSSR count). The van der Waals surface area contributed by atoms with Gasteiger partial charge in [0.25, 0.3) is 11.8 Å². The Morgan fingerprint density at radius 3 is 2.62 bits per heavy atom. The van der Waals surface area contributed by atoms with Crippen LogP contribution in [0, 0.1) is 6.92 Å². The molecule has 0 atom stereocenters. The van der Waals surface area contributed by atoms with E-state index in [9.17, 15) is 9.59 Å². The van der Waals surface area contributed by atoms with E-state index in [0.29, 0.717) is 23.5 Å². The minimum absolute atomic E-state index is 0.147. The first-order valence-electron chi connectivity index (χ1n) is 7.57. The highest BCUT2D eigenvalue weighted by atomic mass is 79.9. The van der Waals surface area contributed by atoms with Crippen molar-refractivity contribution in [1.29, 1.82) is 0 Å². The lowest BCUT2D eigenvalue weighted by molar-refractivity contribution is -0.118. The molecule has 2 aromatic carbocycles. The van der Waals surface area contributed by atoms with Crippen LogP contribution in [-0.4, -0.2) is 25.0 Å². The Morgan fingerprint density at radius 1 is 1.17 bits per heavy atom. The van der Waals surface area contributed by atoms with E-state index in [1.54, 1.807) is 30.3 Å². The lowest BCUT2D eigenvalue weighted by Crippen LogP contribution is -2.26. The monoisotopic (exact) mass is 390 g/mol. The molecule has 24 heavy (non-hydrogen) atoms. The number of anilines is 1. The van der Waals surface area contributed by atoms with Gasteiger partial charge >= 0.3 is 0 Å². The van der Waals surface area contributed by atoms with Crippen LogP contribution in [0.15, 0.2) is 46.9 Å². The van der Waals surface area contributed by atoms with E-state index in [1.807, 2.05) is 26.0 Å². The molecule has 6 heteroatoms. The van der Waals surface area contributed by atoms with Crippen LogP contribution in [0.25, 0.3) is 0 Å². The van der Waals surface area contributed by atoms with E-state index in [-0.39, 0.29) is 18.4 Å². The van der Waals surface area contributed by atoms with Gasteiger partial charge in [-0.1, -0.05) is 18.2 Å². The zero-order valence-corrected chi connectivity index (χ0v) is 15.1. The third kappa shape index (κ3) is 4.83. The number of carbonyl (C=O) groups is 2. The summed E-state index contributed by atoms with van der Waals surface area (Å²) in [6.45, 7) is 4.18. The van der Waals surface area contributed by atoms with Gasteiger partial charge in [-0.15, -0.1) is 0 Å². The number of benzene rings is 2. The normalized spacial score (nSPS) is 10.1. The van der Waals surface area contributed by atoms with Crippen LogP contribution in [0.2, 0.25) is 0 Å². The molecule has 2 N–H and O–H groups in total.